The smallest absolute Gasteiger partial charge is 0.255 e. The third-order valence-electron chi connectivity index (χ3n) is 3.32. The van der Waals surface area contributed by atoms with Crippen molar-refractivity contribution in [2.75, 3.05) is 0 Å². The first kappa shape index (κ1) is 11.0. The minimum absolute atomic E-state index is 0.0647. The number of nitrogens with zero attached hydrogens (tertiary/aromatic N) is 1. The number of hydrogen-bond donors (Lipinski definition) is 0. The van der Waals surface area contributed by atoms with Crippen LogP contribution in [0.4, 0.5) is 0 Å². The van der Waals surface area contributed by atoms with Crippen molar-refractivity contribution in [3.05, 3.63) is 70.8 Å². The number of rotatable bonds is 1. The van der Waals surface area contributed by atoms with E-state index in [0.717, 1.165) is 5.56 Å². The predicted octanol–water partition coefficient (Wildman–Crippen LogP) is 2.95. The molecule has 0 fully saturated rings. The molecule has 0 aromatic heterocycles. The molecule has 89 valence electrons. The summed E-state index contributed by atoms with van der Waals surface area (Å²) in [6.07, 6.45) is 0. The quantitative estimate of drug-likeness (QED) is 0.745. The monoisotopic (exact) mass is 236 g/mol. The van der Waals surface area contributed by atoms with E-state index in [-0.39, 0.29) is 5.91 Å². The highest BCUT2D eigenvalue weighted by atomic mass is 16.2. The lowest BCUT2D eigenvalue weighted by Crippen LogP contribution is -2.25. The molecule has 0 N–H and O–H groups in total. The molecule has 0 atom stereocenters. The molecule has 2 nitrogen and oxygen atoms in total. The molecule has 1 aliphatic rings. The molecule has 0 bridgehead atoms. The van der Waals surface area contributed by atoms with Crippen LogP contribution in [0.25, 0.3) is 0 Å². The van der Waals surface area contributed by atoms with Gasteiger partial charge in [0.25, 0.3) is 5.91 Å². The molecule has 3 rings (SSSR count). The van der Waals surface area contributed by atoms with Crippen molar-refractivity contribution in [1.29, 1.82) is 0 Å². The summed E-state index contributed by atoms with van der Waals surface area (Å²) >= 11 is 0. The van der Waals surface area contributed by atoms with Crippen LogP contribution in [0.2, 0.25) is 0 Å². The Balaban J connectivity index is 1.84. The molecule has 0 unspecified atom stereocenters. The fraction of sp³-hybridized carbons (Fsp3) is 0.188. The van der Waals surface area contributed by atoms with Gasteiger partial charge in [-0.3, -0.25) is 4.79 Å². The van der Waals surface area contributed by atoms with E-state index in [1.165, 1.54) is 11.1 Å². The van der Waals surface area contributed by atoms with Gasteiger partial charge in [0.2, 0.25) is 0 Å². The summed E-state index contributed by atoms with van der Waals surface area (Å²) in [5, 5.41) is 0. The van der Waals surface area contributed by atoms with E-state index in [4.69, 9.17) is 0 Å². The highest BCUT2D eigenvalue weighted by molar-refractivity contribution is 5.94. The van der Waals surface area contributed by atoms with E-state index < -0.39 is 0 Å². The summed E-state index contributed by atoms with van der Waals surface area (Å²) in [5.41, 5.74) is 4.24. The molecule has 1 aliphatic heterocycles. The third-order valence-corrected chi connectivity index (χ3v) is 3.32. The Morgan fingerprint density at radius 2 is 1.83 bits per heavy atom. The average molecular weight is 236 g/mol. The van der Waals surface area contributed by atoms with E-state index in [1.54, 1.807) is 0 Å². The Bertz CT molecular complexity index is 579. The van der Waals surface area contributed by atoms with Crippen LogP contribution < -0.4 is 0 Å². The first-order valence-corrected chi connectivity index (χ1v) is 6.08. The van der Waals surface area contributed by atoms with Crippen molar-refractivity contribution < 1.29 is 4.79 Å². The van der Waals surface area contributed by atoms with Gasteiger partial charge in [-0.25, -0.2) is 0 Å². The minimum atomic E-state index is 0.0647. The van der Waals surface area contributed by atoms with Gasteiger partial charge < -0.3 is 4.90 Å². The van der Waals surface area contributed by atoms with Crippen LogP contribution in [0.1, 0.15) is 27.0 Å². The molecule has 1 heterocycles. The van der Waals surface area contributed by atoms with E-state index >= 15 is 0 Å². The van der Waals surface area contributed by atoms with Crippen molar-refractivity contribution in [3.63, 3.8) is 0 Å². The molecule has 2 heteroatoms. The SMILES string of the molecule is Cc1cc[c]c(C(=O)N2Cc3ccccc3C2)c1. The Morgan fingerprint density at radius 3 is 2.44 bits per heavy atom. The van der Waals surface area contributed by atoms with Gasteiger partial charge in [0, 0.05) is 18.7 Å². The highest BCUT2D eigenvalue weighted by Gasteiger charge is 2.23. The van der Waals surface area contributed by atoms with Crippen LogP contribution in [-0.4, -0.2) is 10.8 Å². The van der Waals surface area contributed by atoms with Crippen LogP contribution >= 0.6 is 0 Å². The summed E-state index contributed by atoms with van der Waals surface area (Å²) in [5.74, 6) is 0.0647. The average Bonchev–Trinajstić information content (AvgIpc) is 2.81. The summed E-state index contributed by atoms with van der Waals surface area (Å²) < 4.78 is 0. The number of carbonyl (C=O) groups is 1. The summed E-state index contributed by atoms with van der Waals surface area (Å²) in [4.78, 5) is 14.2. The van der Waals surface area contributed by atoms with Gasteiger partial charge in [0.15, 0.2) is 0 Å². The Morgan fingerprint density at radius 1 is 1.17 bits per heavy atom. The number of hydrogen-bond acceptors (Lipinski definition) is 1. The Labute approximate surface area is 107 Å². The predicted molar refractivity (Wildman–Crippen MR) is 70.0 cm³/mol. The van der Waals surface area contributed by atoms with Gasteiger partial charge >= 0.3 is 0 Å². The minimum Gasteiger partial charge on any atom is -0.330 e. The molecular formula is C16H14NO. The Hall–Kier alpha value is -2.09. The lowest BCUT2D eigenvalue weighted by molar-refractivity contribution is 0.0751. The molecule has 2 aromatic rings. The van der Waals surface area contributed by atoms with Crippen LogP contribution in [0.3, 0.4) is 0 Å². The zero-order chi connectivity index (χ0) is 12.5. The molecule has 1 amide bonds. The molecule has 18 heavy (non-hydrogen) atoms. The second-order valence-electron chi connectivity index (χ2n) is 4.71. The van der Waals surface area contributed by atoms with E-state index in [0.29, 0.717) is 18.7 Å². The second-order valence-corrected chi connectivity index (χ2v) is 4.71. The maximum Gasteiger partial charge on any atom is 0.255 e. The second kappa shape index (κ2) is 4.30. The van der Waals surface area contributed by atoms with E-state index in [2.05, 4.69) is 18.2 Å². The maximum absolute atomic E-state index is 12.4. The van der Waals surface area contributed by atoms with Crippen LogP contribution in [-0.2, 0) is 13.1 Å². The molecule has 0 saturated heterocycles. The lowest BCUT2D eigenvalue weighted by Gasteiger charge is -2.15. The molecule has 0 spiro atoms. The summed E-state index contributed by atoms with van der Waals surface area (Å²) in [6.45, 7) is 3.40. The highest BCUT2D eigenvalue weighted by Crippen LogP contribution is 2.23. The van der Waals surface area contributed by atoms with Crippen LogP contribution in [0, 0.1) is 13.0 Å². The van der Waals surface area contributed by atoms with Crippen molar-refractivity contribution in [3.8, 4) is 0 Å². The van der Waals surface area contributed by atoms with Gasteiger partial charge in [0.1, 0.15) is 0 Å². The number of benzene rings is 2. The zero-order valence-electron chi connectivity index (χ0n) is 10.3. The maximum atomic E-state index is 12.4. The van der Waals surface area contributed by atoms with Gasteiger partial charge in [-0.2, -0.15) is 0 Å². The number of amides is 1. The lowest BCUT2D eigenvalue weighted by atomic mass is 10.1. The third kappa shape index (κ3) is 1.90. The normalized spacial score (nSPS) is 13.5. The first-order chi connectivity index (χ1) is 8.74. The molecule has 0 saturated carbocycles. The number of carbonyl (C=O) groups excluding carboxylic acids is 1. The zero-order valence-corrected chi connectivity index (χ0v) is 10.3. The van der Waals surface area contributed by atoms with Crippen molar-refractivity contribution in [1.82, 2.24) is 4.90 Å². The van der Waals surface area contributed by atoms with Gasteiger partial charge in [0.05, 0.1) is 0 Å². The first-order valence-electron chi connectivity index (χ1n) is 6.08. The largest absolute Gasteiger partial charge is 0.330 e. The van der Waals surface area contributed by atoms with Gasteiger partial charge in [-0.15, -0.1) is 0 Å². The number of fused-ring (bicyclic) bond motifs is 1. The van der Waals surface area contributed by atoms with Crippen molar-refractivity contribution >= 4 is 5.91 Å². The molecule has 1 radical (unpaired) electrons. The fourth-order valence-corrected chi connectivity index (χ4v) is 2.35. The molecule has 0 aliphatic carbocycles. The van der Waals surface area contributed by atoms with Crippen molar-refractivity contribution in [2.45, 2.75) is 20.0 Å². The van der Waals surface area contributed by atoms with Gasteiger partial charge in [-0.05, 0) is 30.2 Å². The summed E-state index contributed by atoms with van der Waals surface area (Å²) in [6, 6.07) is 16.9. The molecule has 2 aromatic carbocycles. The number of aryl methyl sites for hydroxylation is 1. The van der Waals surface area contributed by atoms with E-state index in [9.17, 15) is 4.79 Å². The fourth-order valence-electron chi connectivity index (χ4n) is 2.35. The van der Waals surface area contributed by atoms with E-state index in [1.807, 2.05) is 42.2 Å². The molecular weight excluding hydrogens is 222 g/mol. The van der Waals surface area contributed by atoms with Crippen LogP contribution in [0.15, 0.2) is 42.5 Å². The van der Waals surface area contributed by atoms with Gasteiger partial charge in [-0.1, -0.05) is 42.0 Å². The summed E-state index contributed by atoms with van der Waals surface area (Å²) in [7, 11) is 0. The van der Waals surface area contributed by atoms with Crippen molar-refractivity contribution in [2.24, 2.45) is 0 Å². The van der Waals surface area contributed by atoms with Crippen LogP contribution in [0.5, 0.6) is 0 Å². The standard InChI is InChI=1S/C16H14NO/c1-12-5-4-8-13(9-12)16(18)17-10-14-6-2-3-7-15(14)11-17/h2-7,9H,10-11H2,1H3. The topological polar surface area (TPSA) is 20.3 Å². The Kier molecular flexibility index (Phi) is 2.63.